The Hall–Kier alpha value is -0.800. The Morgan fingerprint density at radius 2 is 2.06 bits per heavy atom. The molecule has 2 nitrogen and oxygen atoms in total. The number of rotatable bonds is 5. The van der Waals surface area contributed by atoms with Gasteiger partial charge in [-0.3, -0.25) is 0 Å². The summed E-state index contributed by atoms with van der Waals surface area (Å²) >= 11 is 3.58. The zero-order valence-corrected chi connectivity index (χ0v) is 12.4. The first-order chi connectivity index (χ1) is 7.97. The minimum absolute atomic E-state index is 0.0466. The summed E-state index contributed by atoms with van der Waals surface area (Å²) in [6.45, 7) is 11.0. The Labute approximate surface area is 113 Å². The van der Waals surface area contributed by atoms with E-state index in [0.717, 1.165) is 16.6 Å². The van der Waals surface area contributed by atoms with Gasteiger partial charge in [0.1, 0.15) is 0 Å². The van der Waals surface area contributed by atoms with E-state index in [2.05, 4.69) is 59.5 Å². The number of hydrogen-bond donors (Lipinski definition) is 1. The van der Waals surface area contributed by atoms with Crippen molar-refractivity contribution in [3.05, 3.63) is 40.9 Å². The Kier molecular flexibility index (Phi) is 5.22. The van der Waals surface area contributed by atoms with E-state index in [1.807, 2.05) is 13.0 Å². The highest BCUT2D eigenvalue weighted by atomic mass is 79.9. The summed E-state index contributed by atoms with van der Waals surface area (Å²) in [4.78, 5) is 2.29. The van der Waals surface area contributed by atoms with Gasteiger partial charge >= 0.3 is 0 Å². The smallest absolute Gasteiger partial charge is 0.0382 e. The Balaban J connectivity index is 3.06. The minimum Gasteiger partial charge on any atom is -0.365 e. The van der Waals surface area contributed by atoms with E-state index in [0.29, 0.717) is 6.04 Å². The molecule has 3 heteroatoms. The van der Waals surface area contributed by atoms with E-state index < -0.39 is 0 Å². The summed E-state index contributed by atoms with van der Waals surface area (Å²) < 4.78 is 1.07. The highest BCUT2D eigenvalue weighted by Gasteiger charge is 2.11. The molecule has 0 saturated heterocycles. The van der Waals surface area contributed by atoms with Crippen LogP contribution in [0, 0.1) is 0 Å². The summed E-state index contributed by atoms with van der Waals surface area (Å²) in [5, 5.41) is 0. The van der Waals surface area contributed by atoms with Gasteiger partial charge in [0, 0.05) is 28.8 Å². The molecule has 0 fully saturated rings. The second-order valence-electron chi connectivity index (χ2n) is 4.53. The van der Waals surface area contributed by atoms with E-state index >= 15 is 0 Å². The van der Waals surface area contributed by atoms with E-state index in [4.69, 9.17) is 5.73 Å². The molecule has 0 bridgehead atoms. The molecule has 94 valence electrons. The molecule has 0 radical (unpaired) electrons. The highest BCUT2D eigenvalue weighted by Crippen LogP contribution is 2.28. The van der Waals surface area contributed by atoms with Crippen molar-refractivity contribution < 1.29 is 0 Å². The standard InChI is InChI=1S/C14H21BrN2/c1-5-8-17(10(2)3)12-6-7-13(11(4)16)14(15)9-12/h5-7,9-11H,1,8,16H2,2-4H3/t11-/m0/s1. The van der Waals surface area contributed by atoms with Crippen LogP contribution in [-0.2, 0) is 0 Å². The first-order valence-corrected chi connectivity index (χ1v) is 6.69. The van der Waals surface area contributed by atoms with Gasteiger partial charge in [0.05, 0.1) is 0 Å². The van der Waals surface area contributed by atoms with Crippen molar-refractivity contribution >= 4 is 21.6 Å². The molecular formula is C14H21BrN2. The average molecular weight is 297 g/mol. The maximum absolute atomic E-state index is 5.90. The van der Waals surface area contributed by atoms with Crippen molar-refractivity contribution in [3.63, 3.8) is 0 Å². The monoisotopic (exact) mass is 296 g/mol. The Morgan fingerprint density at radius 1 is 1.41 bits per heavy atom. The van der Waals surface area contributed by atoms with Gasteiger partial charge in [-0.1, -0.05) is 28.1 Å². The third kappa shape index (κ3) is 3.58. The molecule has 0 aliphatic rings. The molecule has 1 aromatic rings. The van der Waals surface area contributed by atoms with Crippen LogP contribution in [0.2, 0.25) is 0 Å². The lowest BCUT2D eigenvalue weighted by Crippen LogP contribution is -2.30. The predicted octanol–water partition coefficient (Wildman–Crippen LogP) is 3.87. The zero-order chi connectivity index (χ0) is 13.0. The summed E-state index contributed by atoms with van der Waals surface area (Å²) in [5.41, 5.74) is 8.23. The number of nitrogens with zero attached hydrogens (tertiary/aromatic N) is 1. The largest absolute Gasteiger partial charge is 0.365 e. The number of anilines is 1. The lowest BCUT2D eigenvalue weighted by Gasteiger charge is -2.28. The number of halogens is 1. The number of nitrogens with two attached hydrogens (primary N) is 1. The van der Waals surface area contributed by atoms with E-state index in [-0.39, 0.29) is 6.04 Å². The van der Waals surface area contributed by atoms with Crippen LogP contribution in [0.3, 0.4) is 0 Å². The van der Waals surface area contributed by atoms with Crippen LogP contribution < -0.4 is 10.6 Å². The molecule has 0 aliphatic carbocycles. The fourth-order valence-corrected chi connectivity index (χ4v) is 2.55. The van der Waals surface area contributed by atoms with Crippen LogP contribution in [0.1, 0.15) is 32.4 Å². The fourth-order valence-electron chi connectivity index (χ4n) is 1.82. The van der Waals surface area contributed by atoms with Crippen molar-refractivity contribution in [1.29, 1.82) is 0 Å². The van der Waals surface area contributed by atoms with Gasteiger partial charge in [0.25, 0.3) is 0 Å². The van der Waals surface area contributed by atoms with E-state index in [1.54, 1.807) is 0 Å². The SMILES string of the molecule is C=CCN(c1ccc([C@H](C)N)c(Br)c1)C(C)C. The molecule has 0 unspecified atom stereocenters. The molecule has 1 aromatic carbocycles. The molecule has 0 spiro atoms. The Morgan fingerprint density at radius 3 is 2.47 bits per heavy atom. The summed E-state index contributed by atoms with van der Waals surface area (Å²) in [6.07, 6.45) is 1.92. The van der Waals surface area contributed by atoms with Crippen molar-refractivity contribution in [2.45, 2.75) is 32.9 Å². The Bertz CT molecular complexity index is 386. The van der Waals surface area contributed by atoms with Gasteiger partial charge in [0.15, 0.2) is 0 Å². The van der Waals surface area contributed by atoms with E-state index in [1.165, 1.54) is 5.69 Å². The quantitative estimate of drug-likeness (QED) is 0.836. The van der Waals surface area contributed by atoms with Crippen LogP contribution >= 0.6 is 15.9 Å². The van der Waals surface area contributed by atoms with Crippen molar-refractivity contribution in [3.8, 4) is 0 Å². The highest BCUT2D eigenvalue weighted by molar-refractivity contribution is 9.10. The molecule has 0 aromatic heterocycles. The maximum Gasteiger partial charge on any atom is 0.0382 e. The normalized spacial score (nSPS) is 12.6. The van der Waals surface area contributed by atoms with Gasteiger partial charge in [-0.25, -0.2) is 0 Å². The van der Waals surface area contributed by atoms with Crippen LogP contribution in [0.15, 0.2) is 35.3 Å². The zero-order valence-electron chi connectivity index (χ0n) is 10.8. The fraction of sp³-hybridized carbons (Fsp3) is 0.429. The lowest BCUT2D eigenvalue weighted by molar-refractivity contribution is 0.722. The molecule has 1 atom stereocenters. The summed E-state index contributed by atoms with van der Waals surface area (Å²) in [5.74, 6) is 0. The number of benzene rings is 1. The van der Waals surface area contributed by atoms with Crippen LogP contribution in [0.25, 0.3) is 0 Å². The molecular weight excluding hydrogens is 276 g/mol. The van der Waals surface area contributed by atoms with Gasteiger partial charge in [-0.2, -0.15) is 0 Å². The average Bonchev–Trinajstić information content (AvgIpc) is 2.24. The number of hydrogen-bond acceptors (Lipinski definition) is 2. The molecule has 0 aliphatic heterocycles. The third-order valence-corrected chi connectivity index (χ3v) is 3.44. The van der Waals surface area contributed by atoms with Crippen LogP contribution in [0.4, 0.5) is 5.69 Å². The summed E-state index contributed by atoms with van der Waals surface area (Å²) in [6, 6.07) is 6.82. The van der Waals surface area contributed by atoms with Crippen molar-refractivity contribution in [2.75, 3.05) is 11.4 Å². The van der Waals surface area contributed by atoms with Crippen LogP contribution in [0.5, 0.6) is 0 Å². The third-order valence-electron chi connectivity index (χ3n) is 2.76. The van der Waals surface area contributed by atoms with Crippen molar-refractivity contribution in [2.24, 2.45) is 5.73 Å². The predicted molar refractivity (Wildman–Crippen MR) is 79.4 cm³/mol. The molecule has 2 N–H and O–H groups in total. The van der Waals surface area contributed by atoms with Gasteiger partial charge in [-0.05, 0) is 38.5 Å². The second kappa shape index (κ2) is 6.22. The summed E-state index contributed by atoms with van der Waals surface area (Å²) in [7, 11) is 0. The molecule has 1 rings (SSSR count). The molecule has 0 heterocycles. The van der Waals surface area contributed by atoms with Crippen LogP contribution in [-0.4, -0.2) is 12.6 Å². The topological polar surface area (TPSA) is 29.3 Å². The first kappa shape index (κ1) is 14.3. The molecule has 17 heavy (non-hydrogen) atoms. The molecule has 0 saturated carbocycles. The maximum atomic E-state index is 5.90. The van der Waals surface area contributed by atoms with Gasteiger partial charge in [-0.15, -0.1) is 6.58 Å². The van der Waals surface area contributed by atoms with E-state index in [9.17, 15) is 0 Å². The second-order valence-corrected chi connectivity index (χ2v) is 5.38. The minimum atomic E-state index is 0.0466. The van der Waals surface area contributed by atoms with Crippen molar-refractivity contribution in [1.82, 2.24) is 0 Å². The lowest BCUT2D eigenvalue weighted by atomic mass is 10.1. The van der Waals surface area contributed by atoms with Gasteiger partial charge in [0.2, 0.25) is 0 Å². The molecule has 0 amide bonds. The first-order valence-electron chi connectivity index (χ1n) is 5.90. The van der Waals surface area contributed by atoms with Gasteiger partial charge < -0.3 is 10.6 Å².